The summed E-state index contributed by atoms with van der Waals surface area (Å²) in [5.41, 5.74) is 2.76. The molecule has 1 aliphatic heterocycles. The number of imidazole rings is 1. The van der Waals surface area contributed by atoms with Gasteiger partial charge in [0.05, 0.1) is 5.69 Å². The van der Waals surface area contributed by atoms with Crippen LogP contribution in [-0.2, 0) is 24.4 Å². The van der Waals surface area contributed by atoms with Crippen LogP contribution in [0.2, 0.25) is 0 Å². The van der Waals surface area contributed by atoms with Gasteiger partial charge in [0.1, 0.15) is 18.2 Å². The molecule has 0 radical (unpaired) electrons. The standard InChI is InChI=1S/C23H29N7O2S/c1-23(2,3)19(22(32)24-4)28-21(31)18-17-12-29(11-15-9-25-14-26-10-15)6-7-30(17)20(27-18)16-5-8-33-13-16/h5,8-10,13-14,19H,6-7,11-12H2,1-4H3,(H,24,32)(H,28,31)/t19-/m1/s1. The molecule has 1 atom stereocenters. The Labute approximate surface area is 197 Å². The van der Waals surface area contributed by atoms with Gasteiger partial charge in [-0.25, -0.2) is 15.0 Å². The highest BCUT2D eigenvalue weighted by Gasteiger charge is 2.35. The number of nitrogens with zero attached hydrogens (tertiary/aromatic N) is 5. The molecule has 0 bridgehead atoms. The highest BCUT2D eigenvalue weighted by atomic mass is 32.1. The molecule has 0 saturated heterocycles. The molecular formula is C23H29N7O2S. The van der Waals surface area contributed by atoms with Gasteiger partial charge in [-0.1, -0.05) is 20.8 Å². The summed E-state index contributed by atoms with van der Waals surface area (Å²) in [5.74, 6) is 0.215. The number of hydrogen-bond acceptors (Lipinski definition) is 7. The molecule has 3 aromatic heterocycles. The van der Waals surface area contributed by atoms with Crippen molar-refractivity contribution in [3.63, 3.8) is 0 Å². The monoisotopic (exact) mass is 467 g/mol. The van der Waals surface area contributed by atoms with Crippen molar-refractivity contribution in [2.75, 3.05) is 13.6 Å². The molecule has 0 aromatic carbocycles. The van der Waals surface area contributed by atoms with Crippen LogP contribution in [0.5, 0.6) is 0 Å². The van der Waals surface area contributed by atoms with E-state index in [9.17, 15) is 9.59 Å². The van der Waals surface area contributed by atoms with Gasteiger partial charge >= 0.3 is 0 Å². The normalized spacial score (nSPS) is 15.0. The minimum Gasteiger partial charge on any atom is -0.357 e. The minimum absolute atomic E-state index is 0.229. The van der Waals surface area contributed by atoms with E-state index in [1.165, 1.54) is 6.33 Å². The molecule has 4 heterocycles. The summed E-state index contributed by atoms with van der Waals surface area (Å²) in [6.45, 7) is 8.56. The first-order valence-electron chi connectivity index (χ1n) is 10.9. The summed E-state index contributed by atoms with van der Waals surface area (Å²) in [5, 5.41) is 9.63. The molecule has 2 amide bonds. The van der Waals surface area contributed by atoms with Crippen LogP contribution >= 0.6 is 11.3 Å². The number of fused-ring (bicyclic) bond motifs is 1. The Hall–Kier alpha value is -3.11. The van der Waals surface area contributed by atoms with Gasteiger partial charge in [-0.05, 0) is 16.9 Å². The Morgan fingerprint density at radius 3 is 2.61 bits per heavy atom. The van der Waals surface area contributed by atoms with Crippen molar-refractivity contribution in [2.24, 2.45) is 5.41 Å². The number of carbonyl (C=O) groups is 2. The maximum atomic E-state index is 13.4. The molecule has 4 rings (SSSR count). The van der Waals surface area contributed by atoms with Crippen molar-refractivity contribution in [1.82, 2.24) is 35.1 Å². The number of likely N-dealkylation sites (N-methyl/N-ethyl adjacent to an activating group) is 1. The van der Waals surface area contributed by atoms with E-state index in [1.54, 1.807) is 30.8 Å². The van der Waals surface area contributed by atoms with E-state index >= 15 is 0 Å². The third-order valence-corrected chi connectivity index (χ3v) is 6.43. The Kier molecular flexibility index (Phi) is 6.57. The predicted molar refractivity (Wildman–Crippen MR) is 126 cm³/mol. The van der Waals surface area contributed by atoms with Crippen molar-refractivity contribution in [2.45, 2.75) is 46.4 Å². The second-order valence-corrected chi connectivity index (χ2v) is 10.0. The van der Waals surface area contributed by atoms with E-state index in [2.05, 4.69) is 30.1 Å². The lowest BCUT2D eigenvalue weighted by molar-refractivity contribution is -0.124. The quantitative estimate of drug-likeness (QED) is 0.576. The van der Waals surface area contributed by atoms with Gasteiger partial charge in [-0.2, -0.15) is 11.3 Å². The Bertz CT molecular complexity index is 1120. The highest BCUT2D eigenvalue weighted by Crippen LogP contribution is 2.29. The van der Waals surface area contributed by atoms with Crippen molar-refractivity contribution >= 4 is 23.2 Å². The fourth-order valence-electron chi connectivity index (χ4n) is 4.04. The summed E-state index contributed by atoms with van der Waals surface area (Å²) in [7, 11) is 1.57. The Balaban J connectivity index is 1.66. The number of nitrogens with one attached hydrogen (secondary N) is 2. The second kappa shape index (κ2) is 9.40. The lowest BCUT2D eigenvalue weighted by Gasteiger charge is -2.31. The summed E-state index contributed by atoms with van der Waals surface area (Å²) in [6.07, 6.45) is 5.13. The van der Waals surface area contributed by atoms with Crippen molar-refractivity contribution in [3.8, 4) is 11.4 Å². The molecule has 10 heteroatoms. The van der Waals surface area contributed by atoms with Crippen LogP contribution in [0.4, 0.5) is 0 Å². The number of rotatable bonds is 6. The number of aromatic nitrogens is 4. The van der Waals surface area contributed by atoms with Gasteiger partial charge in [0.25, 0.3) is 5.91 Å². The van der Waals surface area contributed by atoms with E-state index < -0.39 is 11.5 Å². The lowest BCUT2D eigenvalue weighted by Crippen LogP contribution is -2.53. The fraction of sp³-hybridized carbons (Fsp3) is 0.435. The molecule has 0 aliphatic carbocycles. The molecule has 0 saturated carbocycles. The number of amides is 2. The van der Waals surface area contributed by atoms with Crippen molar-refractivity contribution in [1.29, 1.82) is 0 Å². The first-order valence-corrected chi connectivity index (χ1v) is 11.8. The van der Waals surface area contributed by atoms with Gasteiger partial charge in [-0.15, -0.1) is 0 Å². The Morgan fingerprint density at radius 1 is 1.21 bits per heavy atom. The third kappa shape index (κ3) is 4.96. The van der Waals surface area contributed by atoms with Gasteiger partial charge in [0, 0.05) is 62.1 Å². The van der Waals surface area contributed by atoms with Gasteiger partial charge < -0.3 is 15.2 Å². The zero-order chi connectivity index (χ0) is 23.6. The van der Waals surface area contributed by atoms with Crippen LogP contribution in [0.25, 0.3) is 11.4 Å². The maximum absolute atomic E-state index is 13.4. The second-order valence-electron chi connectivity index (χ2n) is 9.24. The number of carbonyl (C=O) groups excluding carboxylic acids is 2. The smallest absolute Gasteiger partial charge is 0.272 e. The van der Waals surface area contributed by atoms with Crippen LogP contribution in [0.15, 0.2) is 35.5 Å². The van der Waals surface area contributed by atoms with Crippen LogP contribution in [0, 0.1) is 5.41 Å². The van der Waals surface area contributed by atoms with Gasteiger partial charge in [0.15, 0.2) is 5.69 Å². The van der Waals surface area contributed by atoms with Crippen LogP contribution < -0.4 is 10.6 Å². The molecular weight excluding hydrogens is 438 g/mol. The molecule has 2 N–H and O–H groups in total. The third-order valence-electron chi connectivity index (χ3n) is 5.75. The average Bonchev–Trinajstić information content (AvgIpc) is 3.44. The maximum Gasteiger partial charge on any atom is 0.272 e. The van der Waals surface area contributed by atoms with E-state index in [1.807, 2.05) is 37.6 Å². The molecule has 174 valence electrons. The van der Waals surface area contributed by atoms with Crippen molar-refractivity contribution < 1.29 is 9.59 Å². The SMILES string of the molecule is CNC(=O)[C@@H](NC(=O)c1nc(-c2ccsc2)n2c1CN(Cc1cncnc1)CC2)C(C)(C)C. The molecule has 0 fully saturated rings. The summed E-state index contributed by atoms with van der Waals surface area (Å²) >= 11 is 1.59. The van der Waals surface area contributed by atoms with Gasteiger partial charge in [-0.3, -0.25) is 14.5 Å². The minimum atomic E-state index is -0.682. The van der Waals surface area contributed by atoms with Crippen LogP contribution in [0.1, 0.15) is 42.5 Å². The topological polar surface area (TPSA) is 105 Å². The van der Waals surface area contributed by atoms with Crippen LogP contribution in [-0.4, -0.2) is 55.9 Å². The molecule has 0 spiro atoms. The van der Waals surface area contributed by atoms with Gasteiger partial charge in [0.2, 0.25) is 5.91 Å². The lowest BCUT2D eigenvalue weighted by atomic mass is 9.86. The first kappa shape index (κ1) is 23.1. The van der Waals surface area contributed by atoms with Crippen molar-refractivity contribution in [3.05, 3.63) is 52.5 Å². The zero-order valence-corrected chi connectivity index (χ0v) is 20.1. The molecule has 3 aromatic rings. The van der Waals surface area contributed by atoms with E-state index in [0.29, 0.717) is 25.3 Å². The zero-order valence-electron chi connectivity index (χ0n) is 19.3. The summed E-state index contributed by atoms with van der Waals surface area (Å²) in [4.78, 5) is 41.2. The Morgan fingerprint density at radius 2 is 1.97 bits per heavy atom. The molecule has 0 unspecified atom stereocenters. The molecule has 9 nitrogen and oxygen atoms in total. The van der Waals surface area contributed by atoms with E-state index in [4.69, 9.17) is 4.98 Å². The largest absolute Gasteiger partial charge is 0.357 e. The van der Waals surface area contributed by atoms with Crippen LogP contribution in [0.3, 0.4) is 0 Å². The first-order chi connectivity index (χ1) is 15.8. The highest BCUT2D eigenvalue weighted by molar-refractivity contribution is 7.08. The van der Waals surface area contributed by atoms with E-state index in [-0.39, 0.29) is 11.8 Å². The molecule has 1 aliphatic rings. The summed E-state index contributed by atoms with van der Waals surface area (Å²) < 4.78 is 2.13. The number of thiophene rings is 1. The van der Waals surface area contributed by atoms with E-state index in [0.717, 1.165) is 29.2 Å². The average molecular weight is 468 g/mol. The molecule has 33 heavy (non-hydrogen) atoms. The predicted octanol–water partition coefficient (Wildman–Crippen LogP) is 2.31. The number of hydrogen-bond donors (Lipinski definition) is 2. The summed E-state index contributed by atoms with van der Waals surface area (Å²) in [6, 6.07) is 1.33. The fourth-order valence-corrected chi connectivity index (χ4v) is 4.67.